The maximum atomic E-state index is 11.8. The highest BCUT2D eigenvalue weighted by atomic mass is 32.1. The lowest BCUT2D eigenvalue weighted by atomic mass is 9.93. The molecule has 0 bridgehead atoms. The molecule has 1 heterocycles. The molecule has 6 heteroatoms. The largest absolute Gasteiger partial charge is 0.480 e. The molecule has 0 radical (unpaired) electrons. The van der Waals surface area contributed by atoms with Crippen LogP contribution in [0.3, 0.4) is 0 Å². The first-order valence-electron chi connectivity index (χ1n) is 6.26. The van der Waals surface area contributed by atoms with E-state index in [0.29, 0.717) is 19.4 Å². The Morgan fingerprint density at radius 2 is 1.95 bits per heavy atom. The molecule has 1 rings (SSSR count). The Morgan fingerprint density at radius 1 is 1.32 bits per heavy atom. The number of hydrogen-bond donors (Lipinski definition) is 3. The molecule has 0 aliphatic rings. The highest BCUT2D eigenvalue weighted by Gasteiger charge is 2.36. The second-order valence-corrected chi connectivity index (χ2v) is 5.23. The number of aryl methyl sites for hydroxylation is 1. The van der Waals surface area contributed by atoms with Crippen molar-refractivity contribution in [3.63, 3.8) is 0 Å². The predicted molar refractivity (Wildman–Crippen MR) is 75.4 cm³/mol. The van der Waals surface area contributed by atoms with Crippen LogP contribution in [0.1, 0.15) is 37.8 Å². The van der Waals surface area contributed by atoms with Gasteiger partial charge >= 0.3 is 12.0 Å². The number of urea groups is 1. The highest BCUT2D eigenvalue weighted by Crippen LogP contribution is 2.16. The van der Waals surface area contributed by atoms with E-state index >= 15 is 0 Å². The van der Waals surface area contributed by atoms with Gasteiger partial charge in [-0.2, -0.15) is 11.3 Å². The lowest BCUT2D eigenvalue weighted by Crippen LogP contribution is -2.56. The molecule has 0 aliphatic carbocycles. The first kappa shape index (κ1) is 15.5. The molecule has 1 aromatic rings. The first-order valence-corrected chi connectivity index (χ1v) is 7.20. The van der Waals surface area contributed by atoms with Crippen LogP contribution in [-0.4, -0.2) is 22.6 Å². The fourth-order valence-corrected chi connectivity index (χ4v) is 2.64. The molecule has 3 N–H and O–H groups in total. The summed E-state index contributed by atoms with van der Waals surface area (Å²) >= 11 is 1.58. The smallest absolute Gasteiger partial charge is 0.329 e. The van der Waals surface area contributed by atoms with Gasteiger partial charge in [-0.25, -0.2) is 9.59 Å². The van der Waals surface area contributed by atoms with Gasteiger partial charge in [0, 0.05) is 6.54 Å². The number of carboxylic acids is 1. The lowest BCUT2D eigenvalue weighted by Gasteiger charge is -2.28. The van der Waals surface area contributed by atoms with Crippen molar-refractivity contribution in [1.29, 1.82) is 0 Å². The molecule has 0 spiro atoms. The number of carboxylic acid groups (broad SMARTS) is 1. The minimum atomic E-state index is -1.19. The molecule has 19 heavy (non-hydrogen) atoms. The average Bonchev–Trinajstić information content (AvgIpc) is 2.79. The third kappa shape index (κ3) is 3.70. The summed E-state index contributed by atoms with van der Waals surface area (Å²) in [6, 6.07) is -0.447. The molecular weight excluding hydrogens is 264 g/mol. The number of aliphatic carboxylic acids is 1. The number of carbonyl (C=O) groups is 2. The van der Waals surface area contributed by atoms with Crippen molar-refractivity contribution >= 4 is 23.3 Å². The van der Waals surface area contributed by atoms with Gasteiger partial charge in [0.25, 0.3) is 0 Å². The summed E-state index contributed by atoms with van der Waals surface area (Å²) in [6.45, 7) is 5.89. The Hall–Kier alpha value is -1.56. The molecule has 0 fully saturated rings. The molecule has 0 aliphatic heterocycles. The molecule has 1 aromatic heterocycles. The van der Waals surface area contributed by atoms with Gasteiger partial charge in [-0.05, 0) is 41.7 Å². The van der Waals surface area contributed by atoms with Gasteiger partial charge < -0.3 is 15.7 Å². The summed E-state index contributed by atoms with van der Waals surface area (Å²) in [4.78, 5) is 23.1. The summed E-state index contributed by atoms with van der Waals surface area (Å²) in [6.07, 6.45) is 0.702. The van der Waals surface area contributed by atoms with Crippen molar-refractivity contribution < 1.29 is 14.7 Å². The zero-order chi connectivity index (χ0) is 14.5. The normalized spacial score (nSPS) is 11.1. The molecule has 106 valence electrons. The van der Waals surface area contributed by atoms with Crippen LogP contribution in [0.5, 0.6) is 0 Å². The van der Waals surface area contributed by atoms with Crippen molar-refractivity contribution in [1.82, 2.24) is 10.6 Å². The maximum Gasteiger partial charge on any atom is 0.329 e. The standard InChI is InChI=1S/C13H20N2O3S/c1-4-13(5-2,11(16)17)15-12(18)14-6-10-8-19-7-9(10)3/h7-8H,4-6H2,1-3H3,(H,16,17)(H2,14,15,18). The Bertz CT molecular complexity index is 452. The van der Waals surface area contributed by atoms with Crippen LogP contribution in [0.25, 0.3) is 0 Å². The second kappa shape index (κ2) is 6.56. The van der Waals surface area contributed by atoms with E-state index in [1.807, 2.05) is 17.7 Å². The number of nitrogens with one attached hydrogen (secondary N) is 2. The van der Waals surface area contributed by atoms with Gasteiger partial charge in [-0.3, -0.25) is 0 Å². The van der Waals surface area contributed by atoms with Gasteiger partial charge in [0.05, 0.1) is 0 Å². The van der Waals surface area contributed by atoms with Gasteiger partial charge in [-0.15, -0.1) is 0 Å². The van der Waals surface area contributed by atoms with E-state index in [9.17, 15) is 14.7 Å². The summed E-state index contributed by atoms with van der Waals surface area (Å²) in [5, 5.41) is 18.5. The van der Waals surface area contributed by atoms with Gasteiger partial charge in [0.1, 0.15) is 5.54 Å². The predicted octanol–water partition coefficient (Wildman–Crippen LogP) is 2.50. The molecule has 0 saturated carbocycles. The number of hydrogen-bond acceptors (Lipinski definition) is 3. The van der Waals surface area contributed by atoms with Crippen molar-refractivity contribution in [3.8, 4) is 0 Å². The van der Waals surface area contributed by atoms with Crippen LogP contribution in [-0.2, 0) is 11.3 Å². The van der Waals surface area contributed by atoms with Crippen molar-refractivity contribution in [3.05, 3.63) is 21.9 Å². The summed E-state index contributed by atoms with van der Waals surface area (Å²) in [7, 11) is 0. The summed E-state index contributed by atoms with van der Waals surface area (Å²) in [5.41, 5.74) is 0.989. The van der Waals surface area contributed by atoms with E-state index in [0.717, 1.165) is 11.1 Å². The monoisotopic (exact) mass is 284 g/mol. The van der Waals surface area contributed by atoms with Gasteiger partial charge in [0.15, 0.2) is 0 Å². The van der Waals surface area contributed by atoms with E-state index in [1.54, 1.807) is 25.2 Å². The minimum absolute atomic E-state index is 0.351. The maximum absolute atomic E-state index is 11.8. The summed E-state index contributed by atoms with van der Waals surface area (Å²) < 4.78 is 0. The number of amides is 2. The van der Waals surface area contributed by atoms with Gasteiger partial charge in [0.2, 0.25) is 0 Å². The fourth-order valence-electron chi connectivity index (χ4n) is 1.79. The van der Waals surface area contributed by atoms with E-state index in [4.69, 9.17) is 0 Å². The fraction of sp³-hybridized carbons (Fsp3) is 0.538. The molecule has 0 saturated heterocycles. The van der Waals surface area contributed by atoms with Crippen LogP contribution < -0.4 is 10.6 Å². The third-order valence-corrected chi connectivity index (χ3v) is 4.28. The second-order valence-electron chi connectivity index (χ2n) is 4.48. The van der Waals surface area contributed by atoms with Crippen molar-refractivity contribution in [2.45, 2.75) is 45.7 Å². The SMILES string of the molecule is CCC(CC)(NC(=O)NCc1cscc1C)C(=O)O. The quantitative estimate of drug-likeness (QED) is 0.751. The zero-order valence-electron chi connectivity index (χ0n) is 11.4. The van der Waals surface area contributed by atoms with Crippen LogP contribution >= 0.6 is 11.3 Å². The molecule has 0 atom stereocenters. The van der Waals surface area contributed by atoms with Crippen LogP contribution in [0, 0.1) is 6.92 Å². The molecule has 2 amide bonds. The molecule has 0 aromatic carbocycles. The van der Waals surface area contributed by atoms with Gasteiger partial charge in [-0.1, -0.05) is 13.8 Å². The number of rotatable bonds is 6. The Kier molecular flexibility index (Phi) is 5.35. The molecule has 0 unspecified atom stereocenters. The highest BCUT2D eigenvalue weighted by molar-refractivity contribution is 7.08. The minimum Gasteiger partial charge on any atom is -0.480 e. The van der Waals surface area contributed by atoms with E-state index in [1.165, 1.54) is 0 Å². The van der Waals surface area contributed by atoms with E-state index in [-0.39, 0.29) is 0 Å². The van der Waals surface area contributed by atoms with Crippen LogP contribution in [0.2, 0.25) is 0 Å². The average molecular weight is 284 g/mol. The molecule has 5 nitrogen and oxygen atoms in total. The number of carbonyl (C=O) groups excluding carboxylic acids is 1. The summed E-state index contributed by atoms with van der Waals surface area (Å²) in [5.74, 6) is -1.00. The Morgan fingerprint density at radius 3 is 2.37 bits per heavy atom. The Labute approximate surface area is 117 Å². The number of thiophene rings is 1. The third-order valence-electron chi connectivity index (χ3n) is 3.37. The topological polar surface area (TPSA) is 78.4 Å². The first-order chi connectivity index (χ1) is 8.95. The van der Waals surface area contributed by atoms with E-state index in [2.05, 4.69) is 10.6 Å². The van der Waals surface area contributed by atoms with Crippen LogP contribution in [0.4, 0.5) is 4.79 Å². The molecular formula is C13H20N2O3S. The van der Waals surface area contributed by atoms with Crippen molar-refractivity contribution in [2.24, 2.45) is 0 Å². The zero-order valence-corrected chi connectivity index (χ0v) is 12.3. The van der Waals surface area contributed by atoms with Crippen molar-refractivity contribution in [2.75, 3.05) is 0 Å². The Balaban J connectivity index is 2.59. The lowest BCUT2D eigenvalue weighted by molar-refractivity contribution is -0.144. The van der Waals surface area contributed by atoms with Crippen LogP contribution in [0.15, 0.2) is 10.8 Å². The van der Waals surface area contributed by atoms with E-state index < -0.39 is 17.5 Å².